The SMILES string of the molecule is CCn1cc(C(=O)Nc2cc(Oc3ccccc3OC)cc([N+](=O)[O-])c2)cn1. The number of aryl methyl sites for hydroxylation is 1. The van der Waals surface area contributed by atoms with Crippen LogP contribution in [0.3, 0.4) is 0 Å². The average Bonchev–Trinajstić information content (AvgIpc) is 3.17. The van der Waals surface area contributed by atoms with Gasteiger partial charge in [-0.05, 0) is 19.1 Å². The number of anilines is 1. The molecule has 0 radical (unpaired) electrons. The number of nitrogens with zero attached hydrogens (tertiary/aromatic N) is 3. The molecule has 1 amide bonds. The van der Waals surface area contributed by atoms with Gasteiger partial charge in [0.2, 0.25) is 0 Å². The van der Waals surface area contributed by atoms with E-state index in [0.717, 1.165) is 0 Å². The fraction of sp³-hybridized carbons (Fsp3) is 0.158. The van der Waals surface area contributed by atoms with Gasteiger partial charge in [0.25, 0.3) is 11.6 Å². The highest BCUT2D eigenvalue weighted by Gasteiger charge is 2.15. The molecule has 9 heteroatoms. The van der Waals surface area contributed by atoms with Crippen LogP contribution in [0.25, 0.3) is 0 Å². The molecule has 1 heterocycles. The van der Waals surface area contributed by atoms with Crippen LogP contribution in [0.1, 0.15) is 17.3 Å². The Bertz CT molecular complexity index is 1020. The highest BCUT2D eigenvalue weighted by atomic mass is 16.6. The van der Waals surface area contributed by atoms with Crippen LogP contribution in [0.2, 0.25) is 0 Å². The minimum atomic E-state index is -0.556. The third kappa shape index (κ3) is 4.26. The number of rotatable bonds is 7. The van der Waals surface area contributed by atoms with Crippen molar-refractivity contribution < 1.29 is 19.2 Å². The van der Waals surface area contributed by atoms with Gasteiger partial charge in [-0.1, -0.05) is 12.1 Å². The van der Waals surface area contributed by atoms with Gasteiger partial charge < -0.3 is 14.8 Å². The molecule has 3 aromatic rings. The molecule has 0 aliphatic carbocycles. The van der Waals surface area contributed by atoms with Crippen molar-refractivity contribution in [3.63, 3.8) is 0 Å². The summed E-state index contributed by atoms with van der Waals surface area (Å²) in [6.45, 7) is 2.53. The van der Waals surface area contributed by atoms with E-state index in [2.05, 4.69) is 10.4 Å². The summed E-state index contributed by atoms with van der Waals surface area (Å²) in [7, 11) is 1.50. The van der Waals surface area contributed by atoms with Crippen molar-refractivity contribution in [3.8, 4) is 17.2 Å². The van der Waals surface area contributed by atoms with E-state index in [9.17, 15) is 14.9 Å². The summed E-state index contributed by atoms with van der Waals surface area (Å²) in [5, 5.41) is 18.0. The lowest BCUT2D eigenvalue weighted by atomic mass is 10.2. The maximum atomic E-state index is 12.4. The molecule has 28 heavy (non-hydrogen) atoms. The normalized spacial score (nSPS) is 10.4. The number of carbonyl (C=O) groups excluding carboxylic acids is 1. The van der Waals surface area contributed by atoms with E-state index < -0.39 is 10.8 Å². The average molecular weight is 382 g/mol. The van der Waals surface area contributed by atoms with Crippen molar-refractivity contribution in [2.24, 2.45) is 0 Å². The van der Waals surface area contributed by atoms with E-state index in [-0.39, 0.29) is 17.1 Å². The van der Waals surface area contributed by atoms with Crippen LogP contribution in [0.5, 0.6) is 17.2 Å². The van der Waals surface area contributed by atoms with Gasteiger partial charge in [0, 0.05) is 24.9 Å². The summed E-state index contributed by atoms with van der Waals surface area (Å²) >= 11 is 0. The third-order valence-electron chi connectivity index (χ3n) is 3.88. The number of benzene rings is 2. The van der Waals surface area contributed by atoms with Crippen LogP contribution in [0, 0.1) is 10.1 Å². The maximum Gasteiger partial charge on any atom is 0.275 e. The zero-order chi connectivity index (χ0) is 20.1. The molecule has 2 aromatic carbocycles. The molecule has 0 aliphatic rings. The third-order valence-corrected chi connectivity index (χ3v) is 3.88. The number of carbonyl (C=O) groups is 1. The summed E-state index contributed by atoms with van der Waals surface area (Å²) in [5.41, 5.74) is 0.362. The van der Waals surface area contributed by atoms with Gasteiger partial charge in [0.15, 0.2) is 11.5 Å². The Morgan fingerprint density at radius 1 is 1.25 bits per heavy atom. The van der Waals surface area contributed by atoms with Gasteiger partial charge in [-0.15, -0.1) is 0 Å². The maximum absolute atomic E-state index is 12.4. The van der Waals surface area contributed by atoms with Gasteiger partial charge in [0.1, 0.15) is 5.75 Å². The number of methoxy groups -OCH3 is 1. The highest BCUT2D eigenvalue weighted by molar-refractivity contribution is 6.04. The second-order valence-corrected chi connectivity index (χ2v) is 5.76. The summed E-state index contributed by atoms with van der Waals surface area (Å²) in [6.07, 6.45) is 3.03. The number of ether oxygens (including phenoxy) is 2. The zero-order valence-corrected chi connectivity index (χ0v) is 15.3. The quantitative estimate of drug-likeness (QED) is 0.491. The van der Waals surface area contributed by atoms with Gasteiger partial charge in [-0.2, -0.15) is 5.10 Å². The van der Waals surface area contributed by atoms with E-state index >= 15 is 0 Å². The second kappa shape index (κ2) is 8.21. The largest absolute Gasteiger partial charge is 0.493 e. The number of nitro groups is 1. The lowest BCUT2D eigenvalue weighted by Crippen LogP contribution is -2.11. The summed E-state index contributed by atoms with van der Waals surface area (Å²) in [4.78, 5) is 23.1. The van der Waals surface area contributed by atoms with Gasteiger partial charge >= 0.3 is 0 Å². The predicted octanol–water partition coefficient (Wildman–Crippen LogP) is 3.86. The minimum absolute atomic E-state index is 0.193. The Balaban J connectivity index is 1.89. The molecule has 0 bridgehead atoms. The molecule has 0 saturated heterocycles. The van der Waals surface area contributed by atoms with Gasteiger partial charge in [-0.3, -0.25) is 19.6 Å². The first-order valence-corrected chi connectivity index (χ1v) is 8.44. The Hall–Kier alpha value is -3.88. The first-order chi connectivity index (χ1) is 13.5. The number of hydrogen-bond acceptors (Lipinski definition) is 6. The summed E-state index contributed by atoms with van der Waals surface area (Å²) in [6, 6.07) is 11.0. The zero-order valence-electron chi connectivity index (χ0n) is 15.3. The fourth-order valence-corrected chi connectivity index (χ4v) is 2.51. The van der Waals surface area contributed by atoms with Crippen molar-refractivity contribution in [1.29, 1.82) is 0 Å². The number of nitrogens with one attached hydrogen (secondary N) is 1. The monoisotopic (exact) mass is 382 g/mol. The summed E-state index contributed by atoms with van der Waals surface area (Å²) in [5.74, 6) is 0.639. The minimum Gasteiger partial charge on any atom is -0.493 e. The van der Waals surface area contributed by atoms with E-state index in [4.69, 9.17) is 9.47 Å². The van der Waals surface area contributed by atoms with Crippen LogP contribution < -0.4 is 14.8 Å². The van der Waals surface area contributed by atoms with E-state index in [1.165, 1.54) is 31.5 Å². The topological polar surface area (TPSA) is 109 Å². The molecule has 0 unspecified atom stereocenters. The molecule has 0 spiro atoms. The molecule has 0 atom stereocenters. The van der Waals surface area contributed by atoms with E-state index in [1.54, 1.807) is 35.1 Å². The van der Waals surface area contributed by atoms with Crippen LogP contribution in [-0.4, -0.2) is 27.7 Å². The van der Waals surface area contributed by atoms with Crippen molar-refractivity contribution in [2.75, 3.05) is 12.4 Å². The van der Waals surface area contributed by atoms with Crippen LogP contribution in [0.4, 0.5) is 11.4 Å². The molecular formula is C19H18N4O5. The molecule has 3 rings (SSSR count). The van der Waals surface area contributed by atoms with Crippen molar-refractivity contribution in [2.45, 2.75) is 13.5 Å². The Kier molecular flexibility index (Phi) is 5.54. The van der Waals surface area contributed by atoms with Gasteiger partial charge in [0.05, 0.1) is 35.5 Å². The number of hydrogen-bond donors (Lipinski definition) is 1. The second-order valence-electron chi connectivity index (χ2n) is 5.76. The molecular weight excluding hydrogens is 364 g/mol. The number of non-ortho nitro benzene ring substituents is 1. The first-order valence-electron chi connectivity index (χ1n) is 8.44. The Morgan fingerprint density at radius 3 is 2.64 bits per heavy atom. The standard InChI is InChI=1S/C19H18N4O5/c1-3-22-12-13(11-20-22)19(24)21-14-8-15(23(25)26)10-16(9-14)28-18-7-5-4-6-17(18)27-2/h4-12H,3H2,1-2H3,(H,21,24). The van der Waals surface area contributed by atoms with Crippen LogP contribution in [0.15, 0.2) is 54.9 Å². The number of nitro benzene ring substituents is 1. The number of para-hydroxylation sites is 2. The molecule has 1 N–H and O–H groups in total. The fourth-order valence-electron chi connectivity index (χ4n) is 2.51. The molecule has 0 aliphatic heterocycles. The lowest BCUT2D eigenvalue weighted by Gasteiger charge is -2.11. The van der Waals surface area contributed by atoms with Crippen molar-refractivity contribution in [3.05, 3.63) is 70.5 Å². The lowest BCUT2D eigenvalue weighted by molar-refractivity contribution is -0.384. The Labute approximate surface area is 160 Å². The highest BCUT2D eigenvalue weighted by Crippen LogP contribution is 2.34. The number of amides is 1. The molecule has 0 saturated carbocycles. The van der Waals surface area contributed by atoms with Crippen LogP contribution in [-0.2, 0) is 6.54 Å². The smallest absolute Gasteiger partial charge is 0.275 e. The van der Waals surface area contributed by atoms with E-state index in [1.807, 2.05) is 6.92 Å². The Morgan fingerprint density at radius 2 is 2.00 bits per heavy atom. The molecule has 144 valence electrons. The first kappa shape index (κ1) is 18.9. The molecule has 0 fully saturated rings. The van der Waals surface area contributed by atoms with Gasteiger partial charge in [-0.25, -0.2) is 0 Å². The molecule has 1 aromatic heterocycles. The number of aromatic nitrogens is 2. The van der Waals surface area contributed by atoms with E-state index in [0.29, 0.717) is 23.6 Å². The summed E-state index contributed by atoms with van der Waals surface area (Å²) < 4.78 is 12.6. The van der Waals surface area contributed by atoms with Crippen molar-refractivity contribution in [1.82, 2.24) is 9.78 Å². The predicted molar refractivity (Wildman–Crippen MR) is 102 cm³/mol. The van der Waals surface area contributed by atoms with Crippen molar-refractivity contribution >= 4 is 17.3 Å². The van der Waals surface area contributed by atoms with Crippen LogP contribution >= 0.6 is 0 Å². The molecule has 9 nitrogen and oxygen atoms in total.